The summed E-state index contributed by atoms with van der Waals surface area (Å²) in [4.78, 5) is 27.7. The van der Waals surface area contributed by atoms with Gasteiger partial charge in [-0.2, -0.15) is 0 Å². The lowest BCUT2D eigenvalue weighted by Gasteiger charge is -2.16. The Balaban J connectivity index is 1.54. The minimum absolute atomic E-state index is 0.193. The Labute approximate surface area is 166 Å². The molecule has 0 saturated carbocycles. The molecule has 4 rings (SSSR count). The van der Waals surface area contributed by atoms with Crippen LogP contribution in [0.2, 0.25) is 0 Å². The normalized spacial score (nSPS) is 12.5. The molecule has 0 bridgehead atoms. The van der Waals surface area contributed by atoms with Gasteiger partial charge in [0.15, 0.2) is 5.75 Å². The fraction of sp³-hybridized carbons (Fsp3) is 0.143. The van der Waals surface area contributed by atoms with E-state index in [1.807, 2.05) is 42.6 Å². The van der Waals surface area contributed by atoms with Crippen LogP contribution in [0.5, 0.6) is 11.5 Å². The highest BCUT2D eigenvalue weighted by molar-refractivity contribution is 7.09. The molecule has 0 spiro atoms. The number of benzene rings is 2. The summed E-state index contributed by atoms with van der Waals surface area (Å²) in [7, 11) is 1.72. The summed E-state index contributed by atoms with van der Waals surface area (Å²) < 4.78 is 5.97. The molecule has 0 radical (unpaired) electrons. The zero-order valence-electron chi connectivity index (χ0n) is 15.5. The van der Waals surface area contributed by atoms with Crippen LogP contribution in [-0.2, 0) is 6.54 Å². The number of rotatable bonds is 3. The number of amides is 3. The van der Waals surface area contributed by atoms with Gasteiger partial charge in [0.05, 0.1) is 17.8 Å². The van der Waals surface area contributed by atoms with E-state index in [0.29, 0.717) is 35.0 Å². The molecule has 6 nitrogen and oxygen atoms in total. The second-order valence-electron chi connectivity index (χ2n) is 6.54. The maximum absolute atomic E-state index is 12.9. The monoisotopic (exact) mass is 393 g/mol. The third kappa shape index (κ3) is 3.57. The van der Waals surface area contributed by atoms with Crippen LogP contribution in [0, 0.1) is 6.92 Å². The predicted molar refractivity (Wildman–Crippen MR) is 111 cm³/mol. The largest absolute Gasteiger partial charge is 0.454 e. The zero-order valence-corrected chi connectivity index (χ0v) is 16.3. The lowest BCUT2D eigenvalue weighted by Crippen LogP contribution is -2.28. The van der Waals surface area contributed by atoms with Crippen molar-refractivity contribution in [2.45, 2.75) is 13.5 Å². The maximum Gasteiger partial charge on any atom is 0.319 e. The van der Waals surface area contributed by atoms with Crippen molar-refractivity contribution in [2.75, 3.05) is 17.3 Å². The van der Waals surface area contributed by atoms with Gasteiger partial charge in [0.1, 0.15) is 5.75 Å². The van der Waals surface area contributed by atoms with Gasteiger partial charge in [0, 0.05) is 17.6 Å². The minimum Gasteiger partial charge on any atom is -0.454 e. The Hall–Kier alpha value is -3.32. The van der Waals surface area contributed by atoms with E-state index in [2.05, 4.69) is 10.6 Å². The number of carbonyl (C=O) groups is 2. The molecule has 7 heteroatoms. The zero-order chi connectivity index (χ0) is 19.7. The first kappa shape index (κ1) is 18.1. The quantitative estimate of drug-likeness (QED) is 0.674. The molecule has 0 unspecified atom stereocenters. The van der Waals surface area contributed by atoms with Crippen molar-refractivity contribution in [1.82, 2.24) is 5.32 Å². The molecule has 0 saturated heterocycles. The molecular weight excluding hydrogens is 374 g/mol. The molecule has 2 heterocycles. The van der Waals surface area contributed by atoms with Crippen molar-refractivity contribution in [3.05, 3.63) is 69.9 Å². The Bertz CT molecular complexity index is 1050. The molecule has 3 aromatic rings. The molecule has 0 fully saturated rings. The third-order valence-electron chi connectivity index (χ3n) is 4.47. The highest BCUT2D eigenvalue weighted by Crippen LogP contribution is 2.39. The number of anilines is 2. The van der Waals surface area contributed by atoms with E-state index in [1.165, 1.54) is 0 Å². The minimum atomic E-state index is -0.331. The molecule has 0 atom stereocenters. The number of urea groups is 1. The number of hydrogen-bond donors (Lipinski definition) is 2. The lowest BCUT2D eigenvalue weighted by atomic mass is 10.1. The van der Waals surface area contributed by atoms with E-state index in [4.69, 9.17) is 4.74 Å². The summed E-state index contributed by atoms with van der Waals surface area (Å²) in [5.74, 6) is 0.889. The summed E-state index contributed by atoms with van der Waals surface area (Å²) in [5, 5.41) is 7.53. The highest BCUT2D eigenvalue weighted by Gasteiger charge is 2.26. The average Bonchev–Trinajstić information content (AvgIpc) is 3.18. The van der Waals surface area contributed by atoms with Gasteiger partial charge in [-0.15, -0.1) is 11.3 Å². The van der Waals surface area contributed by atoms with Crippen LogP contribution in [0.3, 0.4) is 0 Å². The summed E-state index contributed by atoms with van der Waals surface area (Å²) in [6, 6.07) is 14.3. The SMILES string of the molecule is Cc1ccc2c(c1)N(C)C(=O)c1cc(NC(=O)NCc3cccs3)ccc1O2. The van der Waals surface area contributed by atoms with Gasteiger partial charge in [0.25, 0.3) is 5.91 Å². The number of carbonyl (C=O) groups excluding carboxylic acids is 2. The Morgan fingerprint density at radius 2 is 1.96 bits per heavy atom. The number of nitrogens with zero attached hydrogens (tertiary/aromatic N) is 1. The van der Waals surface area contributed by atoms with Gasteiger partial charge in [-0.25, -0.2) is 4.79 Å². The predicted octanol–water partition coefficient (Wildman–Crippen LogP) is 4.76. The molecule has 2 aromatic carbocycles. The molecule has 28 heavy (non-hydrogen) atoms. The second-order valence-corrected chi connectivity index (χ2v) is 7.57. The topological polar surface area (TPSA) is 70.7 Å². The second kappa shape index (κ2) is 7.36. The van der Waals surface area contributed by atoms with E-state index in [9.17, 15) is 9.59 Å². The van der Waals surface area contributed by atoms with Crippen LogP contribution in [0.1, 0.15) is 20.8 Å². The number of hydrogen-bond acceptors (Lipinski definition) is 4. The third-order valence-corrected chi connectivity index (χ3v) is 5.35. The first-order chi connectivity index (χ1) is 13.5. The van der Waals surface area contributed by atoms with Crippen LogP contribution in [0.4, 0.5) is 16.2 Å². The Morgan fingerprint density at radius 3 is 2.75 bits per heavy atom. The standard InChI is InChI=1S/C21H19N3O3S/c1-13-5-7-19-17(10-13)24(2)20(25)16-11-14(6-8-18(16)27-19)23-21(26)22-12-15-4-3-9-28-15/h3-11H,12H2,1-2H3,(H2,22,23,26). The van der Waals surface area contributed by atoms with Gasteiger partial charge in [0.2, 0.25) is 0 Å². The van der Waals surface area contributed by atoms with Crippen molar-refractivity contribution in [3.63, 3.8) is 0 Å². The summed E-state index contributed by atoms with van der Waals surface area (Å²) in [5.41, 5.74) is 2.67. The fourth-order valence-electron chi connectivity index (χ4n) is 3.00. The Kier molecular flexibility index (Phi) is 4.75. The van der Waals surface area contributed by atoms with Crippen molar-refractivity contribution in [1.29, 1.82) is 0 Å². The van der Waals surface area contributed by atoms with Crippen molar-refractivity contribution in [2.24, 2.45) is 0 Å². The number of ether oxygens (including phenoxy) is 1. The Morgan fingerprint density at radius 1 is 1.14 bits per heavy atom. The van der Waals surface area contributed by atoms with Gasteiger partial charge in [-0.3, -0.25) is 4.79 Å². The van der Waals surface area contributed by atoms with Gasteiger partial charge >= 0.3 is 6.03 Å². The smallest absolute Gasteiger partial charge is 0.319 e. The van der Waals surface area contributed by atoms with Crippen LogP contribution >= 0.6 is 11.3 Å². The van der Waals surface area contributed by atoms with Gasteiger partial charge in [-0.1, -0.05) is 12.1 Å². The molecule has 2 N–H and O–H groups in total. The van der Waals surface area contributed by atoms with Crippen LogP contribution in [0.25, 0.3) is 0 Å². The molecular formula is C21H19N3O3S. The molecule has 1 aliphatic heterocycles. The van der Waals surface area contributed by atoms with Gasteiger partial charge < -0.3 is 20.3 Å². The molecule has 142 valence electrons. The van der Waals surface area contributed by atoms with Crippen molar-refractivity contribution in [3.8, 4) is 11.5 Å². The summed E-state index contributed by atoms with van der Waals surface area (Å²) >= 11 is 1.58. The van der Waals surface area contributed by atoms with Crippen LogP contribution < -0.4 is 20.3 Å². The number of nitrogens with one attached hydrogen (secondary N) is 2. The first-order valence-electron chi connectivity index (χ1n) is 8.79. The van der Waals surface area contributed by atoms with Crippen molar-refractivity contribution >= 4 is 34.6 Å². The molecule has 3 amide bonds. The van der Waals surface area contributed by atoms with E-state index in [1.54, 1.807) is 41.5 Å². The molecule has 1 aromatic heterocycles. The maximum atomic E-state index is 12.9. The lowest BCUT2D eigenvalue weighted by molar-refractivity contribution is 0.0993. The number of fused-ring (bicyclic) bond motifs is 2. The van der Waals surface area contributed by atoms with Crippen molar-refractivity contribution < 1.29 is 14.3 Å². The molecule has 1 aliphatic rings. The number of aryl methyl sites for hydroxylation is 1. The van der Waals surface area contributed by atoms with Crippen LogP contribution in [0.15, 0.2) is 53.9 Å². The first-order valence-corrected chi connectivity index (χ1v) is 9.67. The van der Waals surface area contributed by atoms with Gasteiger partial charge in [-0.05, 0) is 54.3 Å². The summed E-state index contributed by atoms with van der Waals surface area (Å²) in [6.07, 6.45) is 0. The highest BCUT2D eigenvalue weighted by atomic mass is 32.1. The van der Waals surface area contributed by atoms with E-state index in [-0.39, 0.29) is 11.9 Å². The number of thiophene rings is 1. The molecule has 0 aliphatic carbocycles. The average molecular weight is 393 g/mol. The van der Waals surface area contributed by atoms with E-state index >= 15 is 0 Å². The van der Waals surface area contributed by atoms with E-state index < -0.39 is 0 Å². The van der Waals surface area contributed by atoms with Crippen LogP contribution in [-0.4, -0.2) is 19.0 Å². The fourth-order valence-corrected chi connectivity index (χ4v) is 3.65. The van der Waals surface area contributed by atoms with E-state index in [0.717, 1.165) is 10.4 Å². The summed E-state index contributed by atoms with van der Waals surface area (Å²) in [6.45, 7) is 2.42.